The van der Waals surface area contributed by atoms with E-state index in [4.69, 9.17) is 14.8 Å². The number of fused-ring (bicyclic) bond motifs is 2. The molecule has 34 heavy (non-hydrogen) atoms. The van der Waals surface area contributed by atoms with Crippen LogP contribution in [0.5, 0.6) is 0 Å². The highest BCUT2D eigenvalue weighted by Crippen LogP contribution is 2.26. The van der Waals surface area contributed by atoms with E-state index < -0.39 is 0 Å². The molecule has 170 valence electrons. The molecule has 1 saturated heterocycles. The van der Waals surface area contributed by atoms with Gasteiger partial charge in [-0.1, -0.05) is 48.5 Å². The summed E-state index contributed by atoms with van der Waals surface area (Å²) in [6.45, 7) is 5.04. The Labute approximate surface area is 196 Å². The van der Waals surface area contributed by atoms with Crippen molar-refractivity contribution in [3.63, 3.8) is 0 Å². The van der Waals surface area contributed by atoms with Gasteiger partial charge in [-0.15, -0.1) is 0 Å². The first-order chi connectivity index (χ1) is 16.8. The van der Waals surface area contributed by atoms with Crippen LogP contribution in [0.2, 0.25) is 0 Å². The largest absolute Gasteiger partial charge is 0.378 e. The molecule has 0 spiro atoms. The minimum atomic E-state index is 0.669. The molecule has 0 bridgehead atoms. The number of nitrogens with one attached hydrogen (secondary N) is 2. The maximum Gasteiger partial charge on any atom is 0.160 e. The highest BCUT2D eigenvalue weighted by Gasteiger charge is 2.18. The van der Waals surface area contributed by atoms with E-state index in [1.165, 1.54) is 0 Å². The third-order valence-corrected chi connectivity index (χ3v) is 6.13. The van der Waals surface area contributed by atoms with Gasteiger partial charge in [-0.25, -0.2) is 4.98 Å². The number of aromatic nitrogens is 4. The number of morpholine rings is 1. The molecule has 1 aliphatic rings. The van der Waals surface area contributed by atoms with E-state index in [1.807, 2.05) is 53.2 Å². The topological polar surface area (TPSA) is 82.8 Å². The molecule has 1 aliphatic heterocycles. The van der Waals surface area contributed by atoms with E-state index in [1.54, 1.807) is 0 Å². The Balaban J connectivity index is 1.37. The lowest BCUT2D eigenvalue weighted by Gasteiger charge is -2.29. The van der Waals surface area contributed by atoms with E-state index in [0.29, 0.717) is 19.0 Å². The quantitative estimate of drug-likeness (QED) is 0.304. The van der Waals surface area contributed by atoms with Crippen LogP contribution in [0, 0.1) is 6.92 Å². The van der Waals surface area contributed by atoms with Gasteiger partial charge in [-0.05, 0) is 13.0 Å². The number of nitrogens with zero attached hydrogens (tertiary/aromatic N) is 5. The molecule has 2 aromatic carbocycles. The van der Waals surface area contributed by atoms with Gasteiger partial charge in [-0.2, -0.15) is 14.7 Å². The second kappa shape index (κ2) is 8.64. The zero-order chi connectivity index (χ0) is 22.9. The molecule has 1 fully saturated rings. The molecular weight excluding hydrogens is 426 g/mol. The molecule has 0 atom stereocenters. The summed E-state index contributed by atoms with van der Waals surface area (Å²) in [6, 6.07) is 22.4. The SMILES string of the molecule is Cc1[nH]c2ccccc2c1/C=N/Nc1cc(N2CCOCC2)n2nc(-c3ccccc3)cc2n1. The van der Waals surface area contributed by atoms with Crippen molar-refractivity contribution in [1.29, 1.82) is 0 Å². The van der Waals surface area contributed by atoms with Crippen LogP contribution in [0.4, 0.5) is 11.6 Å². The molecule has 0 amide bonds. The monoisotopic (exact) mass is 451 g/mol. The smallest absolute Gasteiger partial charge is 0.160 e. The van der Waals surface area contributed by atoms with Crippen molar-refractivity contribution in [2.45, 2.75) is 6.92 Å². The first-order valence-electron chi connectivity index (χ1n) is 11.4. The van der Waals surface area contributed by atoms with Gasteiger partial charge in [0.2, 0.25) is 0 Å². The predicted molar refractivity (Wildman–Crippen MR) is 136 cm³/mol. The van der Waals surface area contributed by atoms with Crippen molar-refractivity contribution in [3.05, 3.63) is 78.0 Å². The van der Waals surface area contributed by atoms with Gasteiger partial charge < -0.3 is 14.6 Å². The normalized spacial score (nSPS) is 14.4. The zero-order valence-electron chi connectivity index (χ0n) is 18.9. The van der Waals surface area contributed by atoms with Crippen molar-refractivity contribution < 1.29 is 4.74 Å². The number of rotatable bonds is 5. The van der Waals surface area contributed by atoms with Gasteiger partial charge in [0.1, 0.15) is 5.82 Å². The van der Waals surface area contributed by atoms with Gasteiger partial charge in [-0.3, -0.25) is 5.43 Å². The lowest BCUT2D eigenvalue weighted by Crippen LogP contribution is -2.37. The fourth-order valence-electron chi connectivity index (χ4n) is 4.41. The maximum atomic E-state index is 5.56. The number of para-hydroxylation sites is 1. The molecule has 0 unspecified atom stereocenters. The summed E-state index contributed by atoms with van der Waals surface area (Å²) < 4.78 is 7.47. The van der Waals surface area contributed by atoms with E-state index in [-0.39, 0.29) is 0 Å². The standard InChI is InChI=1S/C26H25N7O/c1-18-21(20-9-5-6-10-22(20)28-18)17-27-30-24-16-26(32-11-13-34-14-12-32)33-25(29-24)15-23(31-33)19-7-3-2-4-8-19/h2-10,15-17,28H,11-14H2,1H3,(H,29,30)/b27-17+. The van der Waals surface area contributed by atoms with Crippen LogP contribution in [-0.2, 0) is 4.74 Å². The summed E-state index contributed by atoms with van der Waals surface area (Å²) in [6.07, 6.45) is 1.85. The number of hydrogen-bond acceptors (Lipinski definition) is 6. The molecule has 0 aliphatic carbocycles. The Morgan fingerprint density at radius 2 is 1.82 bits per heavy atom. The number of aryl methyl sites for hydroxylation is 1. The van der Waals surface area contributed by atoms with Crippen LogP contribution in [-0.4, -0.2) is 52.1 Å². The molecule has 0 saturated carbocycles. The molecule has 4 heterocycles. The average molecular weight is 452 g/mol. The van der Waals surface area contributed by atoms with Crippen LogP contribution in [0.3, 0.4) is 0 Å². The summed E-state index contributed by atoms with van der Waals surface area (Å²) in [7, 11) is 0. The summed E-state index contributed by atoms with van der Waals surface area (Å²) in [5.74, 6) is 1.64. The third-order valence-electron chi connectivity index (χ3n) is 6.13. The molecule has 3 aromatic heterocycles. The third kappa shape index (κ3) is 3.78. The highest BCUT2D eigenvalue weighted by atomic mass is 16.5. The number of ether oxygens (including phenoxy) is 1. The summed E-state index contributed by atoms with van der Waals surface area (Å²) in [5, 5.41) is 10.5. The van der Waals surface area contributed by atoms with E-state index >= 15 is 0 Å². The first kappa shape index (κ1) is 20.4. The number of hydrazone groups is 1. The van der Waals surface area contributed by atoms with Gasteiger partial charge in [0.05, 0.1) is 25.1 Å². The second-order valence-electron chi connectivity index (χ2n) is 8.34. The highest BCUT2D eigenvalue weighted by molar-refractivity contribution is 6.00. The number of H-pyrrole nitrogens is 1. The van der Waals surface area contributed by atoms with E-state index in [2.05, 4.69) is 51.6 Å². The number of hydrogen-bond donors (Lipinski definition) is 2. The second-order valence-corrected chi connectivity index (χ2v) is 8.34. The van der Waals surface area contributed by atoms with Crippen LogP contribution in [0.25, 0.3) is 27.8 Å². The van der Waals surface area contributed by atoms with Crippen molar-refractivity contribution in [2.24, 2.45) is 5.10 Å². The van der Waals surface area contributed by atoms with Gasteiger partial charge in [0.25, 0.3) is 0 Å². The zero-order valence-corrected chi connectivity index (χ0v) is 18.9. The molecular formula is C26H25N7O. The maximum absolute atomic E-state index is 5.56. The summed E-state index contributed by atoms with van der Waals surface area (Å²) in [5.41, 5.74) is 9.09. The molecule has 6 rings (SSSR count). The molecule has 0 radical (unpaired) electrons. The lowest BCUT2D eigenvalue weighted by atomic mass is 10.1. The Bertz CT molecular complexity index is 1480. The number of anilines is 2. The van der Waals surface area contributed by atoms with E-state index in [0.717, 1.165) is 58.0 Å². The van der Waals surface area contributed by atoms with Gasteiger partial charge in [0, 0.05) is 52.9 Å². The first-order valence-corrected chi connectivity index (χ1v) is 11.4. The Kier molecular flexibility index (Phi) is 5.20. The van der Waals surface area contributed by atoms with Crippen LogP contribution in [0.1, 0.15) is 11.3 Å². The minimum absolute atomic E-state index is 0.669. The lowest BCUT2D eigenvalue weighted by molar-refractivity contribution is 0.122. The summed E-state index contributed by atoms with van der Waals surface area (Å²) in [4.78, 5) is 10.5. The average Bonchev–Trinajstić information content (AvgIpc) is 3.45. The van der Waals surface area contributed by atoms with Crippen molar-refractivity contribution in [2.75, 3.05) is 36.6 Å². The molecule has 5 aromatic rings. The Morgan fingerprint density at radius 3 is 2.68 bits per heavy atom. The van der Waals surface area contributed by atoms with Crippen LogP contribution in [0.15, 0.2) is 71.8 Å². The van der Waals surface area contributed by atoms with Crippen molar-refractivity contribution in [1.82, 2.24) is 19.6 Å². The number of aromatic amines is 1. The minimum Gasteiger partial charge on any atom is -0.378 e. The van der Waals surface area contributed by atoms with E-state index in [9.17, 15) is 0 Å². The summed E-state index contributed by atoms with van der Waals surface area (Å²) >= 11 is 0. The van der Waals surface area contributed by atoms with Crippen LogP contribution >= 0.6 is 0 Å². The molecule has 8 nitrogen and oxygen atoms in total. The molecule has 8 heteroatoms. The predicted octanol–water partition coefficient (Wildman–Crippen LogP) is 4.47. The number of benzene rings is 2. The van der Waals surface area contributed by atoms with Gasteiger partial charge >= 0.3 is 0 Å². The fraction of sp³-hybridized carbons (Fsp3) is 0.192. The Morgan fingerprint density at radius 1 is 1.03 bits per heavy atom. The Hall–Kier alpha value is -4.17. The van der Waals surface area contributed by atoms with Crippen LogP contribution < -0.4 is 10.3 Å². The fourth-order valence-corrected chi connectivity index (χ4v) is 4.41. The molecule has 2 N–H and O–H groups in total. The van der Waals surface area contributed by atoms with Crippen molar-refractivity contribution in [3.8, 4) is 11.3 Å². The van der Waals surface area contributed by atoms with Gasteiger partial charge in [0.15, 0.2) is 11.5 Å². The van der Waals surface area contributed by atoms with Crippen molar-refractivity contribution >= 4 is 34.4 Å².